The Balaban J connectivity index is 3.62. The summed E-state index contributed by atoms with van der Waals surface area (Å²) in [5.41, 5.74) is 0.391. The Morgan fingerprint density at radius 2 is 1.72 bits per heavy atom. The van der Waals surface area contributed by atoms with Gasteiger partial charge in [-0.05, 0) is 23.5 Å². The van der Waals surface area contributed by atoms with Crippen molar-refractivity contribution in [1.82, 2.24) is 4.98 Å². The molecule has 0 aromatic carbocycles. The minimum atomic E-state index is -4.45. The van der Waals surface area contributed by atoms with Crippen molar-refractivity contribution >= 4 is 6.08 Å². The zero-order valence-electron chi connectivity index (χ0n) is 11.1. The van der Waals surface area contributed by atoms with Crippen molar-refractivity contribution in [2.45, 2.75) is 45.7 Å². The maximum absolute atomic E-state index is 13.0. The highest BCUT2D eigenvalue weighted by atomic mass is 19.4. The summed E-state index contributed by atoms with van der Waals surface area (Å²) in [5, 5.41) is 0. The first-order chi connectivity index (χ1) is 8.18. The van der Waals surface area contributed by atoms with Crippen molar-refractivity contribution < 1.29 is 13.2 Å². The number of rotatable bonds is 3. The third kappa shape index (κ3) is 2.92. The van der Waals surface area contributed by atoms with Crippen LogP contribution in [0, 0.1) is 0 Å². The third-order valence-electron chi connectivity index (χ3n) is 2.80. The lowest BCUT2D eigenvalue weighted by atomic mass is 9.93. The van der Waals surface area contributed by atoms with Gasteiger partial charge in [0.15, 0.2) is 5.69 Å². The van der Waals surface area contributed by atoms with E-state index < -0.39 is 11.9 Å². The van der Waals surface area contributed by atoms with Crippen LogP contribution in [0.2, 0.25) is 0 Å². The normalized spacial score (nSPS) is 12.3. The molecule has 0 bridgehead atoms. The van der Waals surface area contributed by atoms with Gasteiger partial charge in [0.1, 0.15) is 0 Å². The van der Waals surface area contributed by atoms with Crippen LogP contribution < -0.4 is 0 Å². The van der Waals surface area contributed by atoms with Crippen LogP contribution >= 0.6 is 0 Å². The van der Waals surface area contributed by atoms with Crippen LogP contribution in [-0.4, -0.2) is 4.98 Å². The molecule has 1 heterocycles. The van der Waals surface area contributed by atoms with E-state index in [4.69, 9.17) is 0 Å². The first kappa shape index (κ1) is 14.7. The summed E-state index contributed by atoms with van der Waals surface area (Å²) < 4.78 is 39.0. The SMILES string of the molecule is C=Cc1c(C(C)C)cc(C(C)C)nc1C(F)(F)F. The fourth-order valence-corrected chi connectivity index (χ4v) is 1.80. The lowest BCUT2D eigenvalue weighted by Gasteiger charge is -2.19. The number of hydrogen-bond acceptors (Lipinski definition) is 1. The van der Waals surface area contributed by atoms with Gasteiger partial charge in [0.2, 0.25) is 0 Å². The van der Waals surface area contributed by atoms with Gasteiger partial charge >= 0.3 is 6.18 Å². The van der Waals surface area contributed by atoms with Crippen molar-refractivity contribution in [2.75, 3.05) is 0 Å². The van der Waals surface area contributed by atoms with Gasteiger partial charge in [-0.2, -0.15) is 13.2 Å². The van der Waals surface area contributed by atoms with E-state index in [1.807, 2.05) is 27.7 Å². The zero-order chi connectivity index (χ0) is 14.1. The molecule has 0 aliphatic carbocycles. The topological polar surface area (TPSA) is 12.9 Å². The number of nitrogens with zero attached hydrogens (tertiary/aromatic N) is 1. The molecule has 1 aromatic heterocycles. The molecule has 0 radical (unpaired) electrons. The van der Waals surface area contributed by atoms with E-state index in [0.29, 0.717) is 11.3 Å². The van der Waals surface area contributed by atoms with Gasteiger partial charge in [0.05, 0.1) is 0 Å². The second-order valence-electron chi connectivity index (χ2n) is 4.91. The lowest BCUT2D eigenvalue weighted by Crippen LogP contribution is -2.15. The minimum absolute atomic E-state index is 0.000370. The third-order valence-corrected chi connectivity index (χ3v) is 2.80. The van der Waals surface area contributed by atoms with Gasteiger partial charge in [-0.25, -0.2) is 4.98 Å². The minimum Gasteiger partial charge on any atom is -0.247 e. The number of halogens is 3. The zero-order valence-corrected chi connectivity index (χ0v) is 11.1. The number of alkyl halides is 3. The maximum Gasteiger partial charge on any atom is 0.433 e. The molecule has 0 aliphatic heterocycles. The van der Waals surface area contributed by atoms with Crippen LogP contribution in [0.4, 0.5) is 13.2 Å². The van der Waals surface area contributed by atoms with E-state index in [2.05, 4.69) is 11.6 Å². The highest BCUT2D eigenvalue weighted by molar-refractivity contribution is 5.57. The predicted molar refractivity (Wildman–Crippen MR) is 67.5 cm³/mol. The van der Waals surface area contributed by atoms with Crippen molar-refractivity contribution in [3.8, 4) is 0 Å². The Morgan fingerprint density at radius 3 is 2.06 bits per heavy atom. The van der Waals surface area contributed by atoms with Crippen molar-refractivity contribution in [1.29, 1.82) is 0 Å². The molecule has 4 heteroatoms. The molecule has 0 saturated heterocycles. The quantitative estimate of drug-likeness (QED) is 0.743. The van der Waals surface area contributed by atoms with Gasteiger partial charge in [0.25, 0.3) is 0 Å². The molecule has 18 heavy (non-hydrogen) atoms. The lowest BCUT2D eigenvalue weighted by molar-refractivity contribution is -0.141. The molecule has 0 saturated carbocycles. The van der Waals surface area contributed by atoms with E-state index in [9.17, 15) is 13.2 Å². The van der Waals surface area contributed by atoms with Crippen molar-refractivity contribution in [2.24, 2.45) is 0 Å². The highest BCUT2D eigenvalue weighted by Gasteiger charge is 2.36. The summed E-state index contributed by atoms with van der Waals surface area (Å²) in [5.74, 6) is -0.0398. The largest absolute Gasteiger partial charge is 0.433 e. The van der Waals surface area contributed by atoms with Gasteiger partial charge < -0.3 is 0 Å². The van der Waals surface area contributed by atoms with E-state index in [1.54, 1.807) is 6.07 Å². The van der Waals surface area contributed by atoms with E-state index in [0.717, 1.165) is 0 Å². The Kier molecular flexibility index (Phi) is 4.20. The van der Waals surface area contributed by atoms with E-state index in [1.165, 1.54) is 6.08 Å². The molecule has 0 amide bonds. The molecule has 0 spiro atoms. The average Bonchev–Trinajstić information content (AvgIpc) is 2.25. The summed E-state index contributed by atoms with van der Waals surface area (Å²) in [4.78, 5) is 3.76. The molecule has 1 rings (SSSR count). The molecular weight excluding hydrogens is 239 g/mol. The van der Waals surface area contributed by atoms with Crippen LogP contribution in [0.15, 0.2) is 12.6 Å². The molecule has 0 fully saturated rings. The fraction of sp³-hybridized carbons (Fsp3) is 0.500. The Morgan fingerprint density at radius 1 is 1.17 bits per heavy atom. The summed E-state index contributed by atoms with van der Waals surface area (Å²) in [6.45, 7) is 10.9. The van der Waals surface area contributed by atoms with Crippen LogP contribution in [0.3, 0.4) is 0 Å². The van der Waals surface area contributed by atoms with Crippen LogP contribution in [-0.2, 0) is 6.18 Å². The number of pyridine rings is 1. The van der Waals surface area contributed by atoms with Crippen LogP contribution in [0.25, 0.3) is 6.08 Å². The van der Waals surface area contributed by atoms with E-state index in [-0.39, 0.29) is 17.4 Å². The molecular formula is C14H18F3N. The van der Waals surface area contributed by atoms with Crippen LogP contribution in [0.5, 0.6) is 0 Å². The fourth-order valence-electron chi connectivity index (χ4n) is 1.80. The monoisotopic (exact) mass is 257 g/mol. The second-order valence-corrected chi connectivity index (χ2v) is 4.91. The van der Waals surface area contributed by atoms with Crippen molar-refractivity contribution in [3.05, 3.63) is 35.2 Å². The molecule has 0 atom stereocenters. The van der Waals surface area contributed by atoms with Gasteiger partial charge in [-0.3, -0.25) is 0 Å². The Labute approximate surface area is 106 Å². The Hall–Kier alpha value is -1.32. The second kappa shape index (κ2) is 5.12. The molecule has 0 aliphatic rings. The predicted octanol–water partition coefficient (Wildman–Crippen LogP) is 4.99. The smallest absolute Gasteiger partial charge is 0.247 e. The highest BCUT2D eigenvalue weighted by Crippen LogP contribution is 2.36. The average molecular weight is 257 g/mol. The molecule has 0 N–H and O–H groups in total. The van der Waals surface area contributed by atoms with Gasteiger partial charge in [-0.15, -0.1) is 0 Å². The van der Waals surface area contributed by atoms with Gasteiger partial charge in [-0.1, -0.05) is 40.3 Å². The first-order valence-electron chi connectivity index (χ1n) is 5.93. The standard InChI is InChI=1S/C14H18F3N/c1-6-10-11(8(2)3)7-12(9(4)5)18-13(10)14(15,16)17/h6-9H,1H2,2-5H3. The number of aromatic nitrogens is 1. The summed E-state index contributed by atoms with van der Waals surface area (Å²) in [6.07, 6.45) is -3.20. The molecule has 1 aromatic rings. The summed E-state index contributed by atoms with van der Waals surface area (Å²) in [7, 11) is 0. The summed E-state index contributed by atoms with van der Waals surface area (Å²) >= 11 is 0. The maximum atomic E-state index is 13.0. The van der Waals surface area contributed by atoms with Crippen LogP contribution in [0.1, 0.15) is 62.0 Å². The Bertz CT molecular complexity index is 445. The molecule has 0 unspecified atom stereocenters. The molecule has 1 nitrogen and oxygen atoms in total. The molecule has 100 valence electrons. The summed E-state index contributed by atoms with van der Waals surface area (Å²) in [6, 6.07) is 1.75. The number of hydrogen-bond donors (Lipinski definition) is 0. The first-order valence-corrected chi connectivity index (χ1v) is 5.93. The van der Waals surface area contributed by atoms with E-state index >= 15 is 0 Å². The van der Waals surface area contributed by atoms with Gasteiger partial charge in [0, 0.05) is 11.3 Å². The van der Waals surface area contributed by atoms with Crippen molar-refractivity contribution in [3.63, 3.8) is 0 Å².